The quantitative estimate of drug-likeness (QED) is 0.332. The largest absolute Gasteiger partial charge is 0.416 e. The Balaban J connectivity index is 2.27. The molecule has 0 radical (unpaired) electrons. The lowest BCUT2D eigenvalue weighted by molar-refractivity contribution is -0.143. The van der Waals surface area contributed by atoms with Crippen LogP contribution in [-0.4, -0.2) is 20.7 Å². The van der Waals surface area contributed by atoms with Crippen LogP contribution in [0.25, 0.3) is 17.6 Å². The van der Waals surface area contributed by atoms with Crippen molar-refractivity contribution in [3.63, 3.8) is 0 Å². The Bertz CT molecular complexity index is 913. The Morgan fingerprint density at radius 1 is 1.03 bits per heavy atom. The Labute approximate surface area is 158 Å². The number of nitrogens with one attached hydrogen (secondary N) is 2. The molecule has 2 aromatic rings. The highest BCUT2D eigenvalue weighted by atomic mass is 19.4. The minimum absolute atomic E-state index is 0.000770. The molecule has 14 heteroatoms. The summed E-state index contributed by atoms with van der Waals surface area (Å²) in [5, 5.41) is 3.74. The van der Waals surface area contributed by atoms with E-state index in [0.717, 1.165) is 29.5 Å². The minimum Gasteiger partial charge on any atom is -0.402 e. The molecule has 0 bridgehead atoms. The van der Waals surface area contributed by atoms with E-state index in [2.05, 4.69) is 20.9 Å². The molecule has 6 N–H and O–H groups in total. The van der Waals surface area contributed by atoms with Gasteiger partial charge in [0, 0.05) is 24.0 Å². The van der Waals surface area contributed by atoms with E-state index < -0.39 is 40.8 Å². The van der Waals surface area contributed by atoms with Crippen molar-refractivity contribution in [1.29, 1.82) is 0 Å². The molecule has 156 valence electrons. The Hall–Kier alpha value is -3.71. The van der Waals surface area contributed by atoms with Gasteiger partial charge in [0.15, 0.2) is 5.82 Å². The Morgan fingerprint density at radius 3 is 2.14 bits per heavy atom. The van der Waals surface area contributed by atoms with Crippen molar-refractivity contribution in [3.05, 3.63) is 53.8 Å². The van der Waals surface area contributed by atoms with E-state index in [1.807, 2.05) is 0 Å². The van der Waals surface area contributed by atoms with E-state index in [4.69, 9.17) is 11.5 Å². The lowest BCUT2D eigenvalue weighted by atomic mass is 10.0. The number of nitrogens with zero attached hydrogens (tertiary/aromatic N) is 3. The number of aromatic nitrogens is 3. The van der Waals surface area contributed by atoms with E-state index >= 15 is 0 Å². The number of hydrogen-bond acceptors (Lipinski definition) is 6. The second-order valence-electron chi connectivity index (χ2n) is 5.39. The van der Waals surface area contributed by atoms with Crippen LogP contribution in [0.5, 0.6) is 0 Å². The van der Waals surface area contributed by atoms with Crippen LogP contribution < -0.4 is 22.3 Å². The summed E-state index contributed by atoms with van der Waals surface area (Å²) in [6, 6.07) is 0.994. The molecule has 1 heterocycles. The molecule has 29 heavy (non-hydrogen) atoms. The molecule has 0 spiro atoms. The molecule has 0 aliphatic carbocycles. The van der Waals surface area contributed by atoms with Gasteiger partial charge in [-0.2, -0.15) is 26.3 Å². The van der Waals surface area contributed by atoms with Gasteiger partial charge in [-0.15, -0.1) is 5.10 Å². The number of nitrogens with two attached hydrogens (primary N) is 2. The van der Waals surface area contributed by atoms with Crippen LogP contribution in [-0.2, 0) is 17.1 Å². The van der Waals surface area contributed by atoms with E-state index in [1.54, 1.807) is 0 Å². The first-order valence-electron chi connectivity index (χ1n) is 7.52. The highest BCUT2D eigenvalue weighted by molar-refractivity contribution is 5.89. The van der Waals surface area contributed by atoms with Crippen LogP contribution in [0.1, 0.15) is 11.1 Å². The number of halogens is 6. The van der Waals surface area contributed by atoms with Gasteiger partial charge in [0.25, 0.3) is 5.91 Å². The molecule has 0 atom stereocenters. The molecule has 8 nitrogen and oxygen atoms in total. The first-order chi connectivity index (χ1) is 13.4. The van der Waals surface area contributed by atoms with Gasteiger partial charge in [-0.3, -0.25) is 15.6 Å². The summed E-state index contributed by atoms with van der Waals surface area (Å²) in [6.45, 7) is 0. The van der Waals surface area contributed by atoms with Gasteiger partial charge in [-0.25, -0.2) is 9.67 Å². The van der Waals surface area contributed by atoms with Gasteiger partial charge < -0.3 is 11.5 Å². The van der Waals surface area contributed by atoms with E-state index in [9.17, 15) is 31.1 Å². The zero-order chi connectivity index (χ0) is 21.8. The molecule has 2 rings (SSSR count). The topological polar surface area (TPSA) is 124 Å². The summed E-state index contributed by atoms with van der Waals surface area (Å²) < 4.78 is 78.5. The van der Waals surface area contributed by atoms with Crippen molar-refractivity contribution in [3.8, 4) is 11.4 Å². The molecule has 1 aromatic carbocycles. The maximum atomic E-state index is 12.9. The monoisotopic (exact) mass is 421 g/mol. The fourth-order valence-corrected chi connectivity index (χ4v) is 1.92. The van der Waals surface area contributed by atoms with Crippen LogP contribution in [0.15, 0.2) is 42.6 Å². The van der Waals surface area contributed by atoms with E-state index in [1.165, 1.54) is 0 Å². The van der Waals surface area contributed by atoms with Gasteiger partial charge in [-0.05, 0) is 18.2 Å². The lowest BCUT2D eigenvalue weighted by Crippen LogP contribution is -2.38. The van der Waals surface area contributed by atoms with Crippen molar-refractivity contribution >= 4 is 12.1 Å². The third-order valence-electron chi connectivity index (χ3n) is 3.24. The van der Waals surface area contributed by atoms with Gasteiger partial charge in [0.2, 0.25) is 0 Å². The summed E-state index contributed by atoms with van der Waals surface area (Å²) in [5.41, 5.74) is 11.2. The zero-order valence-electron chi connectivity index (χ0n) is 14.2. The molecule has 0 saturated carbocycles. The van der Waals surface area contributed by atoms with Crippen LogP contribution in [0.2, 0.25) is 0 Å². The van der Waals surface area contributed by atoms with Crippen molar-refractivity contribution in [2.24, 2.45) is 11.5 Å². The van der Waals surface area contributed by atoms with Crippen molar-refractivity contribution in [2.45, 2.75) is 12.4 Å². The number of benzene rings is 1. The van der Waals surface area contributed by atoms with Gasteiger partial charge >= 0.3 is 12.4 Å². The smallest absolute Gasteiger partial charge is 0.402 e. The van der Waals surface area contributed by atoms with Crippen LogP contribution in [0.4, 0.5) is 26.3 Å². The first-order valence-corrected chi connectivity index (χ1v) is 7.52. The maximum Gasteiger partial charge on any atom is 0.416 e. The number of rotatable bonds is 5. The molecule has 0 saturated heterocycles. The van der Waals surface area contributed by atoms with Crippen LogP contribution in [0.3, 0.4) is 0 Å². The first kappa shape index (κ1) is 21.6. The average molecular weight is 421 g/mol. The number of alkyl halides is 6. The third kappa shape index (κ3) is 5.88. The summed E-state index contributed by atoms with van der Waals surface area (Å²) in [5.74, 6) is -1.15. The lowest BCUT2D eigenvalue weighted by Gasteiger charge is -2.13. The second-order valence-corrected chi connectivity index (χ2v) is 5.39. The number of carbonyl (C=O) groups excluding carboxylic acids is 1. The summed E-state index contributed by atoms with van der Waals surface area (Å²) >= 11 is 0. The van der Waals surface area contributed by atoms with Crippen LogP contribution >= 0.6 is 0 Å². The summed E-state index contributed by atoms with van der Waals surface area (Å²) in [7, 11) is 0. The normalized spacial score (nSPS) is 13.0. The summed E-state index contributed by atoms with van der Waals surface area (Å²) in [6.07, 6.45) is -6.00. The second kappa shape index (κ2) is 8.12. The standard InChI is InChI=1S/C15H13F6N7O/c16-14(17,18)9-3-8(4-10(5-9)15(19,20)21)13-24-7-28(27-13)2-1-12(29)26-25-11(23)6-22/h1-7,25H,22-23H2,(H,26,29)/b2-1+,11-6+. The fourth-order valence-electron chi connectivity index (χ4n) is 1.92. The molecule has 1 amide bonds. The van der Waals surface area contributed by atoms with Crippen molar-refractivity contribution in [1.82, 2.24) is 25.6 Å². The maximum absolute atomic E-state index is 12.9. The van der Waals surface area contributed by atoms with Crippen LogP contribution in [0, 0.1) is 0 Å². The predicted molar refractivity (Wildman–Crippen MR) is 88.5 cm³/mol. The predicted octanol–water partition coefficient (Wildman–Crippen LogP) is 1.79. The third-order valence-corrected chi connectivity index (χ3v) is 3.24. The molecular weight excluding hydrogens is 408 g/mol. The molecule has 0 unspecified atom stereocenters. The molecular formula is C15H13F6N7O. The Kier molecular flexibility index (Phi) is 6.04. The van der Waals surface area contributed by atoms with E-state index in [-0.39, 0.29) is 11.9 Å². The van der Waals surface area contributed by atoms with Crippen molar-refractivity contribution in [2.75, 3.05) is 0 Å². The number of carbonyl (C=O) groups is 1. The molecule has 0 aliphatic heterocycles. The Morgan fingerprint density at radius 2 is 1.62 bits per heavy atom. The molecule has 1 aromatic heterocycles. The minimum atomic E-state index is -5.00. The summed E-state index contributed by atoms with van der Waals surface area (Å²) in [4.78, 5) is 15.2. The SMILES string of the molecule is N/C=C(\N)NNC(=O)/C=C/n1cnc(-c2cc(C(F)(F)F)cc(C(F)(F)F)c2)n1. The van der Waals surface area contributed by atoms with E-state index in [0.29, 0.717) is 12.1 Å². The van der Waals surface area contributed by atoms with Gasteiger partial charge in [0.05, 0.1) is 11.1 Å². The average Bonchev–Trinajstić information content (AvgIpc) is 3.11. The van der Waals surface area contributed by atoms with Gasteiger partial charge in [-0.1, -0.05) is 0 Å². The molecule has 0 fully saturated rings. The zero-order valence-corrected chi connectivity index (χ0v) is 14.2. The number of hydrogen-bond donors (Lipinski definition) is 4. The number of hydrazine groups is 1. The van der Waals surface area contributed by atoms with Gasteiger partial charge in [0.1, 0.15) is 12.1 Å². The highest BCUT2D eigenvalue weighted by Gasteiger charge is 2.37. The van der Waals surface area contributed by atoms with Crippen molar-refractivity contribution < 1.29 is 31.1 Å². The fraction of sp³-hybridized carbons (Fsp3) is 0.133. The number of amides is 1. The highest BCUT2D eigenvalue weighted by Crippen LogP contribution is 2.37. The molecule has 0 aliphatic rings.